The number of aliphatic hydroxyl groups excluding tert-OH is 2. The fraction of sp³-hybridized carbons (Fsp3) is 0.381. The number of hydrogen-bond donors (Lipinski definition) is 3. The van der Waals surface area contributed by atoms with Crippen molar-refractivity contribution < 1.29 is 28.1 Å². The van der Waals surface area contributed by atoms with E-state index >= 15 is 0 Å². The van der Waals surface area contributed by atoms with E-state index in [1.165, 1.54) is 29.4 Å². The Morgan fingerprint density at radius 3 is 2.59 bits per heavy atom. The van der Waals surface area contributed by atoms with Gasteiger partial charge >= 0.3 is 0 Å². The Morgan fingerprint density at radius 2 is 1.85 bits per heavy atom. The zero-order valence-electron chi connectivity index (χ0n) is 18.3. The maximum absolute atomic E-state index is 14.1. The predicted octanol–water partition coefficient (Wildman–Crippen LogP) is 2.52. The van der Waals surface area contributed by atoms with Crippen molar-refractivity contribution >= 4 is 22.7 Å². The van der Waals surface area contributed by atoms with Gasteiger partial charge in [-0.05, 0) is 12.1 Å². The molecule has 0 amide bonds. The summed E-state index contributed by atoms with van der Waals surface area (Å²) in [5, 5.41) is 32.0. The Kier molecular flexibility index (Phi) is 5.26. The SMILES string of the molecule is CC(C)(C)c1nnc([C@H]2O[C@@H](n3cnc4c(Nc5cccc(F)c5F)ncnc43)[C@H](O)[C@@H]2O)o1. The van der Waals surface area contributed by atoms with Crippen molar-refractivity contribution in [1.29, 1.82) is 0 Å². The highest BCUT2D eigenvalue weighted by Gasteiger charge is 2.48. The molecule has 0 aliphatic carbocycles. The van der Waals surface area contributed by atoms with Crippen LogP contribution >= 0.6 is 0 Å². The molecule has 1 aliphatic rings. The molecule has 1 fully saturated rings. The minimum atomic E-state index is -1.38. The minimum Gasteiger partial charge on any atom is -0.422 e. The summed E-state index contributed by atoms with van der Waals surface area (Å²) >= 11 is 0. The normalized spacial score (nSPS) is 23.0. The van der Waals surface area contributed by atoms with E-state index < -0.39 is 41.6 Å². The maximum Gasteiger partial charge on any atom is 0.248 e. The van der Waals surface area contributed by atoms with Crippen LogP contribution in [-0.4, -0.2) is 52.1 Å². The predicted molar refractivity (Wildman–Crippen MR) is 113 cm³/mol. The smallest absolute Gasteiger partial charge is 0.248 e. The van der Waals surface area contributed by atoms with Crippen LogP contribution in [0.15, 0.2) is 35.3 Å². The molecule has 3 aromatic heterocycles. The number of nitrogens with one attached hydrogen (secondary N) is 1. The van der Waals surface area contributed by atoms with Gasteiger partial charge in [-0.3, -0.25) is 4.57 Å². The standard InChI is InChI=1S/C21H21F2N7O4/c1-21(2,3)20-29-28-18(34-20)15-13(31)14(32)19(33-15)30-8-26-12-16(24-7-25-17(12)30)27-10-6-4-5-9(22)11(10)23/h4-8,13-15,19,31-32H,1-3H3,(H,24,25,27)/t13-,14+,15-,19+/m0/s1. The van der Waals surface area contributed by atoms with E-state index in [0.717, 1.165) is 6.07 Å². The fourth-order valence-electron chi connectivity index (χ4n) is 3.60. The van der Waals surface area contributed by atoms with E-state index in [4.69, 9.17) is 9.15 Å². The first-order valence-corrected chi connectivity index (χ1v) is 10.4. The van der Waals surface area contributed by atoms with Crippen molar-refractivity contribution in [1.82, 2.24) is 29.7 Å². The van der Waals surface area contributed by atoms with E-state index in [1.807, 2.05) is 20.8 Å². The van der Waals surface area contributed by atoms with Gasteiger partial charge in [-0.1, -0.05) is 26.8 Å². The molecule has 0 saturated carbocycles. The Morgan fingerprint density at radius 1 is 1.06 bits per heavy atom. The number of aromatic nitrogens is 6. The number of anilines is 2. The number of nitrogens with zero attached hydrogens (tertiary/aromatic N) is 6. The van der Waals surface area contributed by atoms with Crippen molar-refractivity contribution in [2.24, 2.45) is 0 Å². The highest BCUT2D eigenvalue weighted by atomic mass is 19.2. The fourth-order valence-corrected chi connectivity index (χ4v) is 3.60. The van der Waals surface area contributed by atoms with Crippen molar-refractivity contribution in [3.63, 3.8) is 0 Å². The Balaban J connectivity index is 1.46. The van der Waals surface area contributed by atoms with E-state index in [0.29, 0.717) is 5.89 Å². The molecule has 1 saturated heterocycles. The summed E-state index contributed by atoms with van der Waals surface area (Å²) in [4.78, 5) is 12.5. The number of aliphatic hydroxyl groups is 2. The first-order chi connectivity index (χ1) is 16.1. The van der Waals surface area contributed by atoms with Crippen LogP contribution in [0.1, 0.15) is 44.9 Å². The Hall–Kier alpha value is -3.55. The van der Waals surface area contributed by atoms with Gasteiger partial charge in [0.2, 0.25) is 11.8 Å². The van der Waals surface area contributed by atoms with Crippen LogP contribution < -0.4 is 5.32 Å². The first-order valence-electron chi connectivity index (χ1n) is 10.4. The molecule has 5 rings (SSSR count). The molecule has 178 valence electrons. The van der Waals surface area contributed by atoms with Crippen LogP contribution in [0.5, 0.6) is 0 Å². The third kappa shape index (κ3) is 3.67. The summed E-state index contributed by atoms with van der Waals surface area (Å²) < 4.78 is 40.6. The molecule has 0 unspecified atom stereocenters. The summed E-state index contributed by atoms with van der Waals surface area (Å²) in [6.45, 7) is 5.69. The summed E-state index contributed by atoms with van der Waals surface area (Å²) in [5.41, 5.74) is -0.0949. The van der Waals surface area contributed by atoms with Crippen molar-refractivity contribution in [3.05, 3.63) is 54.3 Å². The molecular formula is C21H21F2N7O4. The van der Waals surface area contributed by atoms with Crippen LogP contribution in [0.2, 0.25) is 0 Å². The topological polar surface area (TPSA) is 144 Å². The van der Waals surface area contributed by atoms with E-state index in [9.17, 15) is 19.0 Å². The van der Waals surface area contributed by atoms with Crippen LogP contribution in [0, 0.1) is 11.6 Å². The van der Waals surface area contributed by atoms with E-state index in [2.05, 4.69) is 30.5 Å². The summed E-state index contributed by atoms with van der Waals surface area (Å²) in [6.07, 6.45) is -2.38. The van der Waals surface area contributed by atoms with Gasteiger partial charge < -0.3 is 24.7 Å². The second-order valence-corrected chi connectivity index (χ2v) is 8.90. The first kappa shape index (κ1) is 22.3. The third-order valence-electron chi connectivity index (χ3n) is 5.40. The lowest BCUT2D eigenvalue weighted by molar-refractivity contribution is -0.0441. The molecule has 1 aromatic carbocycles. The number of fused-ring (bicyclic) bond motifs is 1. The van der Waals surface area contributed by atoms with Crippen LogP contribution in [0.4, 0.5) is 20.3 Å². The highest BCUT2D eigenvalue weighted by molar-refractivity contribution is 5.85. The molecule has 11 nitrogen and oxygen atoms in total. The lowest BCUT2D eigenvalue weighted by Gasteiger charge is -2.16. The average molecular weight is 473 g/mol. The van der Waals surface area contributed by atoms with E-state index in [-0.39, 0.29) is 28.6 Å². The zero-order chi connectivity index (χ0) is 24.2. The van der Waals surface area contributed by atoms with Gasteiger partial charge in [0.05, 0.1) is 12.0 Å². The lowest BCUT2D eigenvalue weighted by atomic mass is 9.97. The molecule has 0 spiro atoms. The van der Waals surface area contributed by atoms with Crippen LogP contribution in [0.3, 0.4) is 0 Å². The molecule has 3 N–H and O–H groups in total. The molecule has 13 heteroatoms. The molecule has 0 radical (unpaired) electrons. The Labute approximate surface area is 191 Å². The number of hydrogen-bond acceptors (Lipinski definition) is 10. The third-order valence-corrected chi connectivity index (χ3v) is 5.40. The van der Waals surface area contributed by atoms with Gasteiger partial charge in [-0.15, -0.1) is 10.2 Å². The Bertz CT molecular complexity index is 1350. The molecule has 34 heavy (non-hydrogen) atoms. The quantitative estimate of drug-likeness (QED) is 0.404. The van der Waals surface area contributed by atoms with Gasteiger partial charge in [0.15, 0.2) is 40.9 Å². The lowest BCUT2D eigenvalue weighted by Crippen LogP contribution is -2.29. The zero-order valence-corrected chi connectivity index (χ0v) is 18.3. The second kappa shape index (κ2) is 8.04. The average Bonchev–Trinajstić information content (AvgIpc) is 3.50. The molecule has 4 heterocycles. The van der Waals surface area contributed by atoms with E-state index in [1.54, 1.807) is 0 Å². The molecular weight excluding hydrogens is 452 g/mol. The van der Waals surface area contributed by atoms with Gasteiger partial charge in [-0.2, -0.15) is 0 Å². The van der Waals surface area contributed by atoms with Crippen molar-refractivity contribution in [2.45, 2.75) is 50.7 Å². The summed E-state index contributed by atoms with van der Waals surface area (Å²) in [6, 6.07) is 3.70. The molecule has 1 aliphatic heterocycles. The molecule has 0 bridgehead atoms. The number of rotatable bonds is 4. The maximum atomic E-state index is 14.1. The van der Waals surface area contributed by atoms with Crippen molar-refractivity contribution in [2.75, 3.05) is 5.32 Å². The number of ether oxygens (including phenoxy) is 1. The van der Waals surface area contributed by atoms with Crippen LogP contribution in [0.25, 0.3) is 11.2 Å². The molecule has 4 atom stereocenters. The van der Waals surface area contributed by atoms with Crippen molar-refractivity contribution in [3.8, 4) is 0 Å². The number of benzene rings is 1. The number of imidazole rings is 1. The van der Waals surface area contributed by atoms with Gasteiger partial charge in [0.1, 0.15) is 18.5 Å². The molecule has 4 aromatic rings. The highest BCUT2D eigenvalue weighted by Crippen LogP contribution is 2.40. The van der Waals surface area contributed by atoms with Gasteiger partial charge in [-0.25, -0.2) is 23.7 Å². The van der Waals surface area contributed by atoms with Gasteiger partial charge in [0.25, 0.3) is 0 Å². The monoisotopic (exact) mass is 473 g/mol. The summed E-state index contributed by atoms with van der Waals surface area (Å²) in [5.74, 6) is -1.58. The summed E-state index contributed by atoms with van der Waals surface area (Å²) in [7, 11) is 0. The van der Waals surface area contributed by atoms with Crippen LogP contribution in [-0.2, 0) is 10.2 Å². The largest absolute Gasteiger partial charge is 0.422 e. The van der Waals surface area contributed by atoms with Gasteiger partial charge in [0, 0.05) is 5.41 Å². The minimum absolute atomic E-state index is 0.0296. The second-order valence-electron chi connectivity index (χ2n) is 8.90. The number of halogens is 2.